The van der Waals surface area contributed by atoms with Gasteiger partial charge in [-0.15, -0.1) is 0 Å². The number of alkyl halides is 6. The number of nitriles is 1. The van der Waals surface area contributed by atoms with Gasteiger partial charge in [0.2, 0.25) is 4.75 Å². The van der Waals surface area contributed by atoms with Crippen LogP contribution < -0.4 is 0 Å². The average molecular weight is 472 g/mol. The topological polar surface area (TPSA) is 45.5 Å². The van der Waals surface area contributed by atoms with Crippen LogP contribution in [0.25, 0.3) is 0 Å². The Labute approximate surface area is 170 Å². The van der Waals surface area contributed by atoms with E-state index in [1.54, 1.807) is 32.4 Å². The lowest BCUT2D eigenvalue weighted by molar-refractivity contribution is -0.283. The largest absolute Gasteiger partial charge is 0.415 e. The van der Waals surface area contributed by atoms with E-state index in [1.165, 1.54) is 0 Å². The van der Waals surface area contributed by atoms with E-state index >= 15 is 0 Å². The third-order valence-corrected chi connectivity index (χ3v) is 9.12. The molecule has 0 aromatic carbocycles. The van der Waals surface area contributed by atoms with Crippen LogP contribution in [0.2, 0.25) is 0 Å². The maximum absolute atomic E-state index is 13.7. The first-order chi connectivity index (χ1) is 12.8. The lowest BCUT2D eigenvalue weighted by Crippen LogP contribution is -2.63. The quantitative estimate of drug-likeness (QED) is 0.179. The van der Waals surface area contributed by atoms with Crippen molar-refractivity contribution in [3.8, 4) is 6.07 Å². The maximum atomic E-state index is 13.7. The minimum absolute atomic E-state index is 0.0504. The molecule has 1 unspecified atom stereocenters. The first-order valence-corrected chi connectivity index (χ1v) is 11.9. The molecular weight excluding hydrogens is 449 g/mol. The molecule has 4 nitrogen and oxygen atoms in total. The second-order valence-corrected chi connectivity index (χ2v) is 10.6. The number of nitrogens with zero attached hydrogens (tertiary/aromatic N) is 2. The number of hydrogen-bond acceptors (Lipinski definition) is 6. The predicted octanol–water partition coefficient (Wildman–Crippen LogP) is 6.30. The van der Waals surface area contributed by atoms with E-state index in [4.69, 9.17) is 14.3 Å². The van der Waals surface area contributed by atoms with Crippen LogP contribution in [-0.2, 0) is 9.05 Å². The van der Waals surface area contributed by atoms with E-state index in [0.29, 0.717) is 10.8 Å². The molecule has 1 aliphatic rings. The molecule has 0 aromatic rings. The van der Waals surface area contributed by atoms with Gasteiger partial charge in [0, 0.05) is 17.8 Å². The second-order valence-electron chi connectivity index (χ2n) is 6.57. The average Bonchev–Trinajstić information content (AvgIpc) is 2.52. The molecular formula is C15H23F6N2O2PS2. The van der Waals surface area contributed by atoms with Crippen molar-refractivity contribution in [3.63, 3.8) is 0 Å². The molecule has 28 heavy (non-hydrogen) atoms. The number of rotatable bonds is 8. The lowest BCUT2D eigenvalue weighted by atomic mass is 9.97. The van der Waals surface area contributed by atoms with Gasteiger partial charge in [-0.25, -0.2) is 4.67 Å². The minimum atomic E-state index is -5.55. The molecule has 1 fully saturated rings. The molecule has 0 bridgehead atoms. The Morgan fingerprint density at radius 3 is 2.11 bits per heavy atom. The van der Waals surface area contributed by atoms with Gasteiger partial charge in [-0.2, -0.15) is 31.6 Å². The smallest absolute Gasteiger partial charge is 0.321 e. The maximum Gasteiger partial charge on any atom is 0.415 e. The van der Waals surface area contributed by atoms with Crippen LogP contribution in [-0.4, -0.2) is 52.3 Å². The fourth-order valence-corrected chi connectivity index (χ4v) is 7.58. The summed E-state index contributed by atoms with van der Waals surface area (Å²) in [5, 5.41) is 8.67. The molecule has 2 atom stereocenters. The highest BCUT2D eigenvalue weighted by molar-refractivity contribution is 8.77. The van der Waals surface area contributed by atoms with Crippen molar-refractivity contribution in [1.82, 2.24) is 4.67 Å². The van der Waals surface area contributed by atoms with Crippen molar-refractivity contribution in [2.24, 2.45) is 0 Å². The van der Waals surface area contributed by atoms with Crippen LogP contribution >= 0.6 is 30.1 Å². The highest BCUT2D eigenvalue weighted by Gasteiger charge is 2.76. The Balaban J connectivity index is 3.30. The first-order valence-electron chi connectivity index (χ1n) is 8.48. The van der Waals surface area contributed by atoms with Crippen LogP contribution in [0.15, 0.2) is 0 Å². The Kier molecular flexibility index (Phi) is 9.70. The fraction of sp³-hybridized carbons (Fsp3) is 0.933. The van der Waals surface area contributed by atoms with E-state index in [1.807, 2.05) is 6.07 Å². The molecule has 0 radical (unpaired) electrons. The van der Waals surface area contributed by atoms with Crippen molar-refractivity contribution < 1.29 is 35.4 Å². The molecule has 0 aliphatic carbocycles. The predicted molar refractivity (Wildman–Crippen MR) is 99.6 cm³/mol. The van der Waals surface area contributed by atoms with E-state index in [-0.39, 0.29) is 41.7 Å². The summed E-state index contributed by atoms with van der Waals surface area (Å²) in [7, 11) is -1.94. The van der Waals surface area contributed by atoms with Gasteiger partial charge in [0.15, 0.2) is 0 Å². The van der Waals surface area contributed by atoms with Gasteiger partial charge >= 0.3 is 12.4 Å². The van der Waals surface area contributed by atoms with Gasteiger partial charge in [-0.1, -0.05) is 21.6 Å². The zero-order valence-corrected chi connectivity index (χ0v) is 18.3. The summed E-state index contributed by atoms with van der Waals surface area (Å²) in [6, 6.07) is 1.34. The van der Waals surface area contributed by atoms with Gasteiger partial charge < -0.3 is 9.05 Å². The van der Waals surface area contributed by atoms with Crippen LogP contribution in [0.5, 0.6) is 0 Å². The third kappa shape index (κ3) is 5.82. The molecule has 164 valence electrons. The number of halogens is 6. The second kappa shape index (κ2) is 10.4. The standard InChI is InChI=1S/C15H23F6N2O2PS2/c1-10(2)23(11(3)4)26(24-8-5-7-22)25-12-6-9-27-28-13(12,14(16,17)18)15(19,20)21/h10-12H,5-6,8-9H2,1-4H3/t12-,26?/m1/s1. The van der Waals surface area contributed by atoms with Gasteiger partial charge in [0.1, 0.15) is 0 Å². The highest BCUT2D eigenvalue weighted by atomic mass is 33.1. The van der Waals surface area contributed by atoms with Crippen LogP contribution in [0.1, 0.15) is 40.5 Å². The normalized spacial score (nSPS) is 21.9. The van der Waals surface area contributed by atoms with E-state index in [0.717, 1.165) is 0 Å². The SMILES string of the molecule is CC(C)N(C(C)C)P(OCCC#N)O[C@@H]1CCSSC1(C(F)(F)F)C(F)(F)F. The molecule has 0 N–H and O–H groups in total. The summed E-state index contributed by atoms with van der Waals surface area (Å²) in [5.41, 5.74) is 0. The molecule has 1 aliphatic heterocycles. The molecule has 0 spiro atoms. The van der Waals surface area contributed by atoms with Gasteiger partial charge in [0.25, 0.3) is 8.53 Å². The minimum Gasteiger partial charge on any atom is -0.321 e. The Morgan fingerprint density at radius 2 is 1.68 bits per heavy atom. The van der Waals surface area contributed by atoms with Gasteiger partial charge in [-0.3, -0.25) is 0 Å². The monoisotopic (exact) mass is 472 g/mol. The van der Waals surface area contributed by atoms with Crippen molar-refractivity contribution in [2.75, 3.05) is 12.4 Å². The highest BCUT2D eigenvalue weighted by Crippen LogP contribution is 2.64. The summed E-state index contributed by atoms with van der Waals surface area (Å²) in [6.07, 6.45) is -13.7. The van der Waals surface area contributed by atoms with E-state index in [9.17, 15) is 26.3 Å². The zero-order chi connectivity index (χ0) is 21.8. The Morgan fingerprint density at radius 1 is 1.14 bits per heavy atom. The van der Waals surface area contributed by atoms with Crippen LogP contribution in [0.4, 0.5) is 26.3 Å². The van der Waals surface area contributed by atoms with E-state index in [2.05, 4.69) is 0 Å². The molecule has 0 saturated carbocycles. The molecule has 13 heteroatoms. The molecule has 0 aromatic heterocycles. The fourth-order valence-electron chi connectivity index (χ4n) is 2.70. The third-order valence-electron chi connectivity index (χ3n) is 3.83. The van der Waals surface area contributed by atoms with Crippen molar-refractivity contribution >= 4 is 30.1 Å². The van der Waals surface area contributed by atoms with Crippen LogP contribution in [0.3, 0.4) is 0 Å². The molecule has 1 saturated heterocycles. The number of hydrogen-bond donors (Lipinski definition) is 0. The lowest BCUT2D eigenvalue weighted by Gasteiger charge is -2.46. The summed E-state index contributed by atoms with van der Waals surface area (Å²) in [5.74, 6) is 0.0912. The zero-order valence-electron chi connectivity index (χ0n) is 15.8. The summed E-state index contributed by atoms with van der Waals surface area (Å²) in [4.78, 5) is 0. The van der Waals surface area contributed by atoms with Crippen molar-refractivity contribution in [1.29, 1.82) is 5.26 Å². The van der Waals surface area contributed by atoms with Gasteiger partial charge in [-0.05, 0) is 34.1 Å². The van der Waals surface area contributed by atoms with Gasteiger partial charge in [0.05, 0.1) is 25.2 Å². The van der Waals surface area contributed by atoms with Crippen molar-refractivity contribution in [3.05, 3.63) is 0 Å². The van der Waals surface area contributed by atoms with Crippen LogP contribution in [0, 0.1) is 11.3 Å². The molecule has 1 rings (SSSR count). The Bertz CT molecular complexity index is 520. The molecule has 1 heterocycles. The molecule has 0 amide bonds. The van der Waals surface area contributed by atoms with Crippen molar-refractivity contribution in [2.45, 2.75) is 75.8 Å². The summed E-state index contributed by atoms with van der Waals surface area (Å²) in [6.45, 7) is 6.85. The van der Waals surface area contributed by atoms with E-state index < -0.39 is 38.2 Å². The Hall–Kier alpha value is 0.0800. The first kappa shape index (κ1) is 26.1. The summed E-state index contributed by atoms with van der Waals surface area (Å²) < 4.78 is 90.7. The summed E-state index contributed by atoms with van der Waals surface area (Å²) >= 11 is 0.